The minimum absolute atomic E-state index is 0.0247. The van der Waals surface area contributed by atoms with E-state index >= 15 is 0 Å². The topological polar surface area (TPSA) is 66.8 Å². The molecule has 3 saturated carbocycles. The van der Waals surface area contributed by atoms with Crippen LogP contribution in [0.1, 0.15) is 68.3 Å². The predicted molar refractivity (Wildman–Crippen MR) is 88.1 cm³/mol. The van der Waals surface area contributed by atoms with Crippen molar-refractivity contribution in [1.82, 2.24) is 0 Å². The molecule has 0 spiro atoms. The highest BCUT2D eigenvalue weighted by Gasteiger charge is 2.55. The fraction of sp³-hybridized carbons (Fsp3) is 0.632. The zero-order valence-corrected chi connectivity index (χ0v) is 14.2. The van der Waals surface area contributed by atoms with Gasteiger partial charge in [0, 0.05) is 0 Å². The minimum Gasteiger partial charge on any atom is -0.496 e. The van der Waals surface area contributed by atoms with Gasteiger partial charge in [0.2, 0.25) is 0 Å². The number of hydrogen-bond donors (Lipinski definition) is 2. The number of ether oxygens (including phenoxy) is 1. The van der Waals surface area contributed by atoms with Crippen molar-refractivity contribution in [3.05, 3.63) is 29.3 Å². The Morgan fingerprint density at radius 1 is 1.13 bits per heavy atom. The van der Waals surface area contributed by atoms with Gasteiger partial charge >= 0.3 is 5.97 Å². The van der Waals surface area contributed by atoms with E-state index in [1.807, 2.05) is 19.9 Å². The summed E-state index contributed by atoms with van der Waals surface area (Å²) in [4.78, 5) is 11.5. The molecule has 0 saturated heterocycles. The maximum absolute atomic E-state index is 11.5. The lowest BCUT2D eigenvalue weighted by atomic mass is 9.48. The lowest BCUT2D eigenvalue weighted by molar-refractivity contribution is -0.120. The van der Waals surface area contributed by atoms with E-state index in [0.717, 1.165) is 44.1 Å². The van der Waals surface area contributed by atoms with Gasteiger partial charge < -0.3 is 14.9 Å². The van der Waals surface area contributed by atoms with Gasteiger partial charge in [-0.2, -0.15) is 0 Å². The molecule has 126 valence electrons. The summed E-state index contributed by atoms with van der Waals surface area (Å²) < 4.78 is 5.17. The Hall–Kier alpha value is -1.55. The van der Waals surface area contributed by atoms with E-state index in [9.17, 15) is 15.0 Å². The second-order valence-corrected chi connectivity index (χ2v) is 7.84. The van der Waals surface area contributed by atoms with Crippen molar-refractivity contribution >= 4 is 5.97 Å². The summed E-state index contributed by atoms with van der Waals surface area (Å²) in [6, 6.07) is 5.59. The van der Waals surface area contributed by atoms with Crippen LogP contribution in [0.25, 0.3) is 0 Å². The highest BCUT2D eigenvalue weighted by atomic mass is 16.5. The summed E-state index contributed by atoms with van der Waals surface area (Å²) in [5, 5.41) is 20.0. The molecule has 0 heterocycles. The number of aliphatic hydroxyl groups is 1. The van der Waals surface area contributed by atoms with Crippen molar-refractivity contribution in [3.63, 3.8) is 0 Å². The van der Waals surface area contributed by atoms with E-state index in [-0.39, 0.29) is 16.4 Å². The van der Waals surface area contributed by atoms with Crippen LogP contribution in [-0.4, -0.2) is 28.9 Å². The third-order valence-electron chi connectivity index (χ3n) is 6.59. The van der Waals surface area contributed by atoms with Gasteiger partial charge in [-0.3, -0.25) is 0 Å². The summed E-state index contributed by atoms with van der Waals surface area (Å²) in [6.07, 6.45) is 6.06. The zero-order valence-electron chi connectivity index (χ0n) is 14.2. The van der Waals surface area contributed by atoms with Crippen LogP contribution in [0.5, 0.6) is 5.75 Å². The molecule has 23 heavy (non-hydrogen) atoms. The van der Waals surface area contributed by atoms with E-state index in [2.05, 4.69) is 0 Å². The van der Waals surface area contributed by atoms with E-state index in [0.29, 0.717) is 5.75 Å². The van der Waals surface area contributed by atoms with Crippen LogP contribution in [-0.2, 0) is 5.41 Å². The number of hydrogen-bond acceptors (Lipinski definition) is 3. The summed E-state index contributed by atoms with van der Waals surface area (Å²) in [6.45, 7) is 3.86. The lowest BCUT2D eigenvalue weighted by Gasteiger charge is -2.58. The van der Waals surface area contributed by atoms with Gasteiger partial charge in [-0.1, -0.05) is 6.07 Å². The predicted octanol–water partition coefficient (Wildman–Crippen LogP) is 3.76. The fourth-order valence-corrected chi connectivity index (χ4v) is 4.74. The van der Waals surface area contributed by atoms with Crippen LogP contribution < -0.4 is 4.74 Å². The maximum Gasteiger partial charge on any atom is 0.339 e. The van der Waals surface area contributed by atoms with E-state index in [1.165, 1.54) is 7.11 Å². The van der Waals surface area contributed by atoms with Crippen LogP contribution in [0.3, 0.4) is 0 Å². The number of carboxylic acids is 1. The van der Waals surface area contributed by atoms with Gasteiger partial charge in [0.15, 0.2) is 0 Å². The molecule has 0 atom stereocenters. The molecular weight excluding hydrogens is 292 g/mol. The van der Waals surface area contributed by atoms with E-state index < -0.39 is 11.6 Å². The Morgan fingerprint density at radius 2 is 1.70 bits per heavy atom. The van der Waals surface area contributed by atoms with Crippen LogP contribution in [0.15, 0.2) is 18.2 Å². The monoisotopic (exact) mass is 318 g/mol. The van der Waals surface area contributed by atoms with Gasteiger partial charge in [0.05, 0.1) is 12.7 Å². The number of aromatic carboxylic acids is 1. The molecule has 0 aliphatic heterocycles. The molecule has 0 amide bonds. The first-order chi connectivity index (χ1) is 10.7. The van der Waals surface area contributed by atoms with Crippen LogP contribution in [0, 0.1) is 5.41 Å². The number of benzene rings is 1. The normalized spacial score (nSPS) is 30.3. The molecule has 2 N–H and O–H groups in total. The molecule has 3 aliphatic carbocycles. The quantitative estimate of drug-likeness (QED) is 0.887. The number of carbonyl (C=O) groups is 1. The molecule has 3 fully saturated rings. The summed E-state index contributed by atoms with van der Waals surface area (Å²) in [7, 11) is 1.50. The third kappa shape index (κ3) is 2.44. The number of fused-ring (bicyclic) bond motifs is 3. The Bertz CT molecular complexity index is 602. The van der Waals surface area contributed by atoms with Gasteiger partial charge in [0.1, 0.15) is 11.3 Å². The summed E-state index contributed by atoms with van der Waals surface area (Å²) in [5.41, 5.74) is 0.787. The molecular formula is C19H26O4. The zero-order chi connectivity index (χ0) is 16.9. The molecule has 4 heteroatoms. The molecule has 3 aliphatic rings. The molecule has 0 radical (unpaired) electrons. The first-order valence-corrected chi connectivity index (χ1v) is 8.37. The summed E-state index contributed by atoms with van der Waals surface area (Å²) in [5.74, 6) is -0.535. The fourth-order valence-electron chi connectivity index (χ4n) is 4.74. The Morgan fingerprint density at radius 3 is 2.13 bits per heavy atom. The number of carboxylic acid groups (broad SMARTS) is 1. The number of methoxy groups -OCH3 is 1. The average Bonchev–Trinajstić information content (AvgIpc) is 2.55. The number of rotatable bonds is 4. The SMILES string of the molecule is COc1ccc(C23CCC(C(C)(C)O)(CC2)CC3)cc1C(=O)O. The van der Waals surface area contributed by atoms with Gasteiger partial charge in [-0.05, 0) is 80.9 Å². The van der Waals surface area contributed by atoms with Crippen LogP contribution in [0.2, 0.25) is 0 Å². The van der Waals surface area contributed by atoms with Crippen molar-refractivity contribution in [1.29, 1.82) is 0 Å². The highest BCUT2D eigenvalue weighted by molar-refractivity contribution is 5.91. The average molecular weight is 318 g/mol. The van der Waals surface area contributed by atoms with E-state index in [1.54, 1.807) is 12.1 Å². The van der Waals surface area contributed by atoms with Crippen molar-refractivity contribution in [2.24, 2.45) is 5.41 Å². The summed E-state index contributed by atoms with van der Waals surface area (Å²) >= 11 is 0. The van der Waals surface area contributed by atoms with Crippen molar-refractivity contribution in [3.8, 4) is 5.75 Å². The molecule has 4 rings (SSSR count). The lowest BCUT2D eigenvalue weighted by Crippen LogP contribution is -2.53. The maximum atomic E-state index is 11.5. The van der Waals surface area contributed by atoms with Crippen molar-refractivity contribution in [2.75, 3.05) is 7.11 Å². The Balaban J connectivity index is 1.93. The van der Waals surface area contributed by atoms with Gasteiger partial charge in [-0.15, -0.1) is 0 Å². The molecule has 1 aromatic rings. The van der Waals surface area contributed by atoms with Gasteiger partial charge in [-0.25, -0.2) is 4.79 Å². The third-order valence-corrected chi connectivity index (χ3v) is 6.59. The molecule has 1 aromatic carbocycles. The Labute approximate surface area is 137 Å². The molecule has 2 bridgehead atoms. The van der Waals surface area contributed by atoms with Crippen LogP contribution >= 0.6 is 0 Å². The minimum atomic E-state index is -0.947. The molecule has 0 unspecified atom stereocenters. The van der Waals surface area contributed by atoms with Crippen molar-refractivity contribution in [2.45, 2.75) is 63.4 Å². The smallest absolute Gasteiger partial charge is 0.339 e. The second kappa shape index (κ2) is 5.23. The van der Waals surface area contributed by atoms with Gasteiger partial charge in [0.25, 0.3) is 0 Å². The first kappa shape index (κ1) is 16.3. The highest BCUT2D eigenvalue weighted by Crippen LogP contribution is 2.61. The van der Waals surface area contributed by atoms with Crippen LogP contribution in [0.4, 0.5) is 0 Å². The Kier molecular flexibility index (Phi) is 3.71. The largest absolute Gasteiger partial charge is 0.496 e. The molecule has 0 aromatic heterocycles. The molecule has 4 nitrogen and oxygen atoms in total. The standard InChI is InChI=1S/C19H26O4/c1-17(2,22)19-9-6-18(7-10-19,8-11-19)13-4-5-15(23-3)14(12-13)16(20)21/h4-5,12,22H,6-11H2,1-3H3,(H,20,21). The second-order valence-electron chi connectivity index (χ2n) is 7.84. The first-order valence-electron chi connectivity index (χ1n) is 8.37. The van der Waals surface area contributed by atoms with E-state index in [4.69, 9.17) is 4.74 Å². The van der Waals surface area contributed by atoms with Crippen molar-refractivity contribution < 1.29 is 19.7 Å².